The van der Waals surface area contributed by atoms with Crippen molar-refractivity contribution in [2.75, 3.05) is 19.6 Å². The van der Waals surface area contributed by atoms with Gasteiger partial charge in [-0.05, 0) is 61.4 Å². The lowest BCUT2D eigenvalue weighted by atomic mass is 9.90. The maximum Gasteiger partial charge on any atom is 0.253 e. The van der Waals surface area contributed by atoms with Crippen molar-refractivity contribution in [1.82, 2.24) is 10.2 Å². The van der Waals surface area contributed by atoms with Gasteiger partial charge in [-0.1, -0.05) is 43.7 Å². The van der Waals surface area contributed by atoms with E-state index in [1.807, 2.05) is 11.0 Å². The predicted molar refractivity (Wildman–Crippen MR) is 112 cm³/mol. The summed E-state index contributed by atoms with van der Waals surface area (Å²) < 4.78 is 0. The SMILES string of the molecule is CCCCNC(=O)c1ccc(C(=O)N2CCC(Cc3ccccc3)CC2)cc1. The number of nitrogens with one attached hydrogen (secondary N) is 1. The summed E-state index contributed by atoms with van der Waals surface area (Å²) in [5.74, 6) is 0.630. The highest BCUT2D eigenvalue weighted by Crippen LogP contribution is 2.23. The molecule has 148 valence electrons. The largest absolute Gasteiger partial charge is 0.352 e. The molecule has 0 saturated carbocycles. The van der Waals surface area contributed by atoms with Gasteiger partial charge < -0.3 is 10.2 Å². The van der Waals surface area contributed by atoms with E-state index in [1.54, 1.807) is 24.3 Å². The van der Waals surface area contributed by atoms with Gasteiger partial charge >= 0.3 is 0 Å². The van der Waals surface area contributed by atoms with Crippen molar-refractivity contribution >= 4 is 11.8 Å². The number of hydrogen-bond acceptors (Lipinski definition) is 2. The van der Waals surface area contributed by atoms with Gasteiger partial charge in [0.15, 0.2) is 0 Å². The van der Waals surface area contributed by atoms with Gasteiger partial charge in [-0.15, -0.1) is 0 Å². The van der Waals surface area contributed by atoms with Crippen LogP contribution >= 0.6 is 0 Å². The topological polar surface area (TPSA) is 49.4 Å². The van der Waals surface area contributed by atoms with E-state index in [-0.39, 0.29) is 11.8 Å². The maximum atomic E-state index is 12.8. The van der Waals surface area contributed by atoms with Crippen molar-refractivity contribution in [1.29, 1.82) is 0 Å². The summed E-state index contributed by atoms with van der Waals surface area (Å²) in [4.78, 5) is 26.8. The first-order valence-electron chi connectivity index (χ1n) is 10.4. The second-order valence-electron chi connectivity index (χ2n) is 7.61. The highest BCUT2D eigenvalue weighted by atomic mass is 16.2. The predicted octanol–water partition coefficient (Wildman–Crippen LogP) is 4.31. The Morgan fingerprint density at radius 1 is 0.964 bits per heavy atom. The third kappa shape index (κ3) is 5.44. The second-order valence-corrected chi connectivity index (χ2v) is 7.61. The Morgan fingerprint density at radius 2 is 1.61 bits per heavy atom. The molecule has 3 rings (SSSR count). The summed E-state index contributed by atoms with van der Waals surface area (Å²) in [5.41, 5.74) is 2.64. The van der Waals surface area contributed by atoms with Crippen LogP contribution in [-0.4, -0.2) is 36.3 Å². The van der Waals surface area contributed by atoms with E-state index < -0.39 is 0 Å². The van der Waals surface area contributed by atoms with Crippen LogP contribution in [0.4, 0.5) is 0 Å². The van der Waals surface area contributed by atoms with Crippen LogP contribution in [0.1, 0.15) is 58.9 Å². The molecule has 0 radical (unpaired) electrons. The zero-order valence-corrected chi connectivity index (χ0v) is 16.7. The van der Waals surface area contributed by atoms with Crippen molar-refractivity contribution in [2.24, 2.45) is 5.92 Å². The molecule has 2 amide bonds. The molecule has 0 unspecified atom stereocenters. The van der Waals surface area contributed by atoms with Gasteiger partial charge in [0.1, 0.15) is 0 Å². The van der Waals surface area contributed by atoms with Gasteiger partial charge in [0.2, 0.25) is 0 Å². The molecular formula is C24H30N2O2. The van der Waals surface area contributed by atoms with E-state index in [2.05, 4.69) is 36.5 Å². The Labute approximate surface area is 167 Å². The molecule has 2 aromatic carbocycles. The highest BCUT2D eigenvalue weighted by molar-refractivity contribution is 5.97. The molecule has 1 heterocycles. The third-order valence-corrected chi connectivity index (χ3v) is 5.48. The minimum Gasteiger partial charge on any atom is -0.352 e. The van der Waals surface area contributed by atoms with E-state index in [4.69, 9.17) is 0 Å². The summed E-state index contributed by atoms with van der Waals surface area (Å²) in [6.07, 6.45) is 5.19. The number of carbonyl (C=O) groups is 2. The van der Waals surface area contributed by atoms with Crippen LogP contribution in [0.2, 0.25) is 0 Å². The number of unbranched alkanes of at least 4 members (excludes halogenated alkanes) is 1. The fourth-order valence-corrected chi connectivity index (χ4v) is 3.72. The first-order chi connectivity index (χ1) is 13.7. The van der Waals surface area contributed by atoms with Crippen LogP contribution in [-0.2, 0) is 6.42 Å². The summed E-state index contributed by atoms with van der Waals surface area (Å²) in [6.45, 7) is 4.39. The molecule has 0 bridgehead atoms. The summed E-state index contributed by atoms with van der Waals surface area (Å²) >= 11 is 0. The molecule has 2 aromatic rings. The Bertz CT molecular complexity index is 763. The fraction of sp³-hybridized carbons (Fsp3) is 0.417. The molecule has 28 heavy (non-hydrogen) atoms. The van der Waals surface area contributed by atoms with Crippen LogP contribution in [0.5, 0.6) is 0 Å². The van der Waals surface area contributed by atoms with E-state index in [9.17, 15) is 9.59 Å². The number of hydrogen-bond donors (Lipinski definition) is 1. The van der Waals surface area contributed by atoms with Gasteiger partial charge in [-0.2, -0.15) is 0 Å². The molecule has 0 aliphatic carbocycles. The molecule has 1 N–H and O–H groups in total. The zero-order chi connectivity index (χ0) is 19.8. The second kappa shape index (κ2) is 10.1. The first kappa shape index (κ1) is 20.1. The number of carbonyl (C=O) groups excluding carboxylic acids is 2. The number of nitrogens with zero attached hydrogens (tertiary/aromatic N) is 1. The Hall–Kier alpha value is -2.62. The van der Waals surface area contributed by atoms with E-state index in [0.29, 0.717) is 23.6 Å². The molecule has 0 aromatic heterocycles. The van der Waals surface area contributed by atoms with Crippen LogP contribution in [0, 0.1) is 5.92 Å². The summed E-state index contributed by atoms with van der Waals surface area (Å²) in [5, 5.41) is 2.90. The Morgan fingerprint density at radius 3 is 2.25 bits per heavy atom. The lowest BCUT2D eigenvalue weighted by Gasteiger charge is -2.32. The molecule has 4 heteroatoms. The average Bonchev–Trinajstić information content (AvgIpc) is 2.75. The molecule has 0 atom stereocenters. The van der Waals surface area contributed by atoms with Crippen LogP contribution < -0.4 is 5.32 Å². The van der Waals surface area contributed by atoms with Gasteiger partial charge in [0, 0.05) is 30.8 Å². The Balaban J connectivity index is 1.50. The van der Waals surface area contributed by atoms with Crippen molar-refractivity contribution in [2.45, 2.75) is 39.0 Å². The fourth-order valence-electron chi connectivity index (χ4n) is 3.72. The van der Waals surface area contributed by atoms with Crippen LogP contribution in [0.3, 0.4) is 0 Å². The van der Waals surface area contributed by atoms with Gasteiger partial charge in [0.05, 0.1) is 0 Å². The highest BCUT2D eigenvalue weighted by Gasteiger charge is 2.23. The maximum absolute atomic E-state index is 12.8. The van der Waals surface area contributed by atoms with Gasteiger partial charge in [-0.25, -0.2) is 0 Å². The van der Waals surface area contributed by atoms with E-state index in [0.717, 1.165) is 45.2 Å². The lowest BCUT2D eigenvalue weighted by Crippen LogP contribution is -2.38. The first-order valence-corrected chi connectivity index (χ1v) is 10.4. The molecule has 4 nitrogen and oxygen atoms in total. The van der Waals surface area contributed by atoms with Gasteiger partial charge in [0.25, 0.3) is 11.8 Å². The number of piperidine rings is 1. The average molecular weight is 379 g/mol. The zero-order valence-electron chi connectivity index (χ0n) is 16.7. The number of benzene rings is 2. The van der Waals surface area contributed by atoms with Gasteiger partial charge in [-0.3, -0.25) is 9.59 Å². The molecule has 1 saturated heterocycles. The van der Waals surface area contributed by atoms with E-state index in [1.165, 1.54) is 5.56 Å². The smallest absolute Gasteiger partial charge is 0.253 e. The number of likely N-dealkylation sites (tertiary alicyclic amines) is 1. The van der Waals surface area contributed by atoms with Crippen LogP contribution in [0.25, 0.3) is 0 Å². The van der Waals surface area contributed by atoms with Crippen molar-refractivity contribution in [3.05, 3.63) is 71.3 Å². The summed E-state index contributed by atoms with van der Waals surface area (Å²) in [6, 6.07) is 17.6. The normalized spacial score (nSPS) is 14.7. The van der Waals surface area contributed by atoms with Crippen LogP contribution in [0.15, 0.2) is 54.6 Å². The minimum atomic E-state index is -0.0748. The molecule has 1 aliphatic heterocycles. The molecular weight excluding hydrogens is 348 g/mol. The summed E-state index contributed by atoms with van der Waals surface area (Å²) in [7, 11) is 0. The van der Waals surface area contributed by atoms with Crippen molar-refractivity contribution < 1.29 is 9.59 Å². The lowest BCUT2D eigenvalue weighted by molar-refractivity contribution is 0.0690. The molecule has 1 fully saturated rings. The standard InChI is InChI=1S/C24H30N2O2/c1-2-3-15-25-23(27)21-9-11-22(12-10-21)24(28)26-16-13-20(14-17-26)18-19-7-5-4-6-8-19/h4-12,20H,2-3,13-18H2,1H3,(H,25,27). The number of amides is 2. The quantitative estimate of drug-likeness (QED) is 0.730. The van der Waals surface area contributed by atoms with Crippen molar-refractivity contribution in [3.63, 3.8) is 0 Å². The monoisotopic (exact) mass is 378 g/mol. The number of rotatable bonds is 7. The molecule has 1 aliphatic rings. The molecule has 0 spiro atoms. The van der Waals surface area contributed by atoms with Crippen molar-refractivity contribution in [3.8, 4) is 0 Å². The Kier molecular flexibility index (Phi) is 7.24. The third-order valence-electron chi connectivity index (χ3n) is 5.48. The minimum absolute atomic E-state index is 0.0658. The van der Waals surface area contributed by atoms with E-state index >= 15 is 0 Å².